The molecule has 2 aromatic carbocycles. The van der Waals surface area contributed by atoms with E-state index in [4.69, 9.17) is 10.5 Å². The fourth-order valence-corrected chi connectivity index (χ4v) is 3.16. The predicted molar refractivity (Wildman–Crippen MR) is 85.4 cm³/mol. The minimum Gasteiger partial charge on any atom is -0.496 e. The number of nitrogens with two attached hydrogens (primary N) is 1. The van der Waals surface area contributed by atoms with Crippen LogP contribution in [0.5, 0.6) is 5.75 Å². The van der Waals surface area contributed by atoms with Crippen molar-refractivity contribution in [3.05, 3.63) is 65.2 Å². The van der Waals surface area contributed by atoms with E-state index in [1.807, 2.05) is 12.1 Å². The number of ether oxygens (including phenoxy) is 1. The molecule has 0 aromatic heterocycles. The maximum atomic E-state index is 6.21. The summed E-state index contributed by atoms with van der Waals surface area (Å²) >= 11 is 0. The third kappa shape index (κ3) is 2.94. The smallest absolute Gasteiger partial charge is 0.122 e. The molecule has 2 unspecified atom stereocenters. The van der Waals surface area contributed by atoms with Gasteiger partial charge >= 0.3 is 0 Å². The van der Waals surface area contributed by atoms with E-state index in [1.165, 1.54) is 16.7 Å². The lowest BCUT2D eigenvalue weighted by molar-refractivity contribution is 0.408. The maximum absolute atomic E-state index is 6.21. The largest absolute Gasteiger partial charge is 0.496 e. The van der Waals surface area contributed by atoms with Crippen molar-refractivity contribution in [3.63, 3.8) is 0 Å². The number of fused-ring (bicyclic) bond motifs is 1. The standard InChI is InChI=1S/C18H22N2O/c1-21-18-9-5-2-6-13(18)10-11-20-17-12-16(19)14-7-3-4-8-15(14)17/h2-9,16-17,20H,10-12,19H2,1H3. The molecule has 0 radical (unpaired) electrons. The highest BCUT2D eigenvalue weighted by molar-refractivity contribution is 5.37. The Morgan fingerprint density at radius 1 is 1.10 bits per heavy atom. The molecule has 3 nitrogen and oxygen atoms in total. The van der Waals surface area contributed by atoms with Gasteiger partial charge in [0.15, 0.2) is 0 Å². The summed E-state index contributed by atoms with van der Waals surface area (Å²) in [6, 6.07) is 17.2. The van der Waals surface area contributed by atoms with Crippen LogP contribution in [-0.4, -0.2) is 13.7 Å². The first-order valence-corrected chi connectivity index (χ1v) is 7.49. The molecule has 0 fully saturated rings. The molecule has 0 heterocycles. The first-order chi connectivity index (χ1) is 10.3. The van der Waals surface area contributed by atoms with Gasteiger partial charge in [-0.1, -0.05) is 42.5 Å². The zero-order valence-corrected chi connectivity index (χ0v) is 12.4. The number of hydrogen-bond donors (Lipinski definition) is 2. The minimum absolute atomic E-state index is 0.157. The van der Waals surface area contributed by atoms with Crippen molar-refractivity contribution < 1.29 is 4.74 Å². The summed E-state index contributed by atoms with van der Waals surface area (Å²) in [5.41, 5.74) is 10.1. The number of nitrogens with one attached hydrogen (secondary N) is 1. The Morgan fingerprint density at radius 3 is 2.62 bits per heavy atom. The Kier molecular flexibility index (Phi) is 4.23. The van der Waals surface area contributed by atoms with E-state index in [-0.39, 0.29) is 6.04 Å². The molecular weight excluding hydrogens is 260 g/mol. The maximum Gasteiger partial charge on any atom is 0.122 e. The predicted octanol–water partition coefficient (Wildman–Crippen LogP) is 2.97. The molecule has 2 atom stereocenters. The quantitative estimate of drug-likeness (QED) is 0.886. The number of rotatable bonds is 5. The minimum atomic E-state index is 0.157. The molecule has 3 heteroatoms. The second-order valence-electron chi connectivity index (χ2n) is 5.54. The van der Waals surface area contributed by atoms with Gasteiger partial charge in [-0.05, 0) is 42.1 Å². The number of methoxy groups -OCH3 is 1. The third-order valence-electron chi connectivity index (χ3n) is 4.24. The number of benzene rings is 2. The van der Waals surface area contributed by atoms with Crippen LogP contribution >= 0.6 is 0 Å². The normalized spacial score (nSPS) is 20.3. The third-order valence-corrected chi connectivity index (χ3v) is 4.24. The van der Waals surface area contributed by atoms with Crippen LogP contribution in [0.2, 0.25) is 0 Å². The molecule has 2 aromatic rings. The molecule has 0 aliphatic heterocycles. The fraction of sp³-hybridized carbons (Fsp3) is 0.333. The van der Waals surface area contributed by atoms with Gasteiger partial charge < -0.3 is 15.8 Å². The Labute approximate surface area is 126 Å². The highest BCUT2D eigenvalue weighted by atomic mass is 16.5. The van der Waals surface area contributed by atoms with E-state index in [2.05, 4.69) is 41.7 Å². The van der Waals surface area contributed by atoms with Crippen LogP contribution in [-0.2, 0) is 6.42 Å². The van der Waals surface area contributed by atoms with Crippen molar-refractivity contribution in [3.8, 4) is 5.75 Å². The van der Waals surface area contributed by atoms with E-state index >= 15 is 0 Å². The van der Waals surface area contributed by atoms with Crippen molar-refractivity contribution in [2.75, 3.05) is 13.7 Å². The van der Waals surface area contributed by atoms with Gasteiger partial charge in [-0.3, -0.25) is 0 Å². The summed E-state index contributed by atoms with van der Waals surface area (Å²) < 4.78 is 5.39. The summed E-state index contributed by atoms with van der Waals surface area (Å²) in [4.78, 5) is 0. The second kappa shape index (κ2) is 6.29. The van der Waals surface area contributed by atoms with E-state index < -0.39 is 0 Å². The highest BCUT2D eigenvalue weighted by Crippen LogP contribution is 2.36. The van der Waals surface area contributed by atoms with Gasteiger partial charge in [0, 0.05) is 12.1 Å². The van der Waals surface area contributed by atoms with Crippen LogP contribution in [0.4, 0.5) is 0 Å². The molecule has 3 N–H and O–H groups in total. The summed E-state index contributed by atoms with van der Waals surface area (Å²) in [7, 11) is 1.72. The molecule has 0 saturated carbocycles. The van der Waals surface area contributed by atoms with Gasteiger partial charge in [-0.2, -0.15) is 0 Å². The van der Waals surface area contributed by atoms with Gasteiger partial charge in [0.05, 0.1) is 7.11 Å². The van der Waals surface area contributed by atoms with Gasteiger partial charge in [-0.15, -0.1) is 0 Å². The Hall–Kier alpha value is -1.84. The van der Waals surface area contributed by atoms with Gasteiger partial charge in [-0.25, -0.2) is 0 Å². The van der Waals surface area contributed by atoms with E-state index in [1.54, 1.807) is 7.11 Å². The van der Waals surface area contributed by atoms with Crippen molar-refractivity contribution in [1.29, 1.82) is 0 Å². The monoisotopic (exact) mass is 282 g/mol. The zero-order chi connectivity index (χ0) is 14.7. The van der Waals surface area contributed by atoms with Gasteiger partial charge in [0.2, 0.25) is 0 Å². The summed E-state index contributed by atoms with van der Waals surface area (Å²) in [5, 5.41) is 3.63. The average Bonchev–Trinajstić information content (AvgIpc) is 2.85. The SMILES string of the molecule is COc1ccccc1CCNC1CC(N)c2ccccc21. The Bertz CT molecular complexity index is 612. The molecule has 21 heavy (non-hydrogen) atoms. The van der Waals surface area contributed by atoms with E-state index in [0.29, 0.717) is 6.04 Å². The van der Waals surface area contributed by atoms with Crippen LogP contribution in [0.3, 0.4) is 0 Å². The molecule has 1 aliphatic rings. The summed E-state index contributed by atoms with van der Waals surface area (Å²) in [5.74, 6) is 0.961. The molecule has 3 rings (SSSR count). The van der Waals surface area contributed by atoms with E-state index in [0.717, 1.165) is 25.1 Å². The van der Waals surface area contributed by atoms with Crippen LogP contribution in [0.15, 0.2) is 48.5 Å². The fourth-order valence-electron chi connectivity index (χ4n) is 3.16. The van der Waals surface area contributed by atoms with Crippen LogP contribution in [0.25, 0.3) is 0 Å². The van der Waals surface area contributed by atoms with Crippen LogP contribution in [0, 0.1) is 0 Å². The van der Waals surface area contributed by atoms with Crippen molar-refractivity contribution in [1.82, 2.24) is 5.32 Å². The lowest BCUT2D eigenvalue weighted by atomic mass is 10.1. The Balaban J connectivity index is 1.62. The van der Waals surface area contributed by atoms with E-state index in [9.17, 15) is 0 Å². The van der Waals surface area contributed by atoms with Crippen molar-refractivity contribution in [2.45, 2.75) is 24.9 Å². The molecule has 0 spiro atoms. The first-order valence-electron chi connectivity index (χ1n) is 7.49. The zero-order valence-electron chi connectivity index (χ0n) is 12.4. The Morgan fingerprint density at radius 2 is 1.81 bits per heavy atom. The molecule has 0 saturated heterocycles. The summed E-state index contributed by atoms with van der Waals surface area (Å²) in [6.07, 6.45) is 1.93. The van der Waals surface area contributed by atoms with Crippen molar-refractivity contribution >= 4 is 0 Å². The lowest BCUT2D eigenvalue weighted by Gasteiger charge is -2.15. The van der Waals surface area contributed by atoms with Crippen LogP contribution < -0.4 is 15.8 Å². The molecule has 0 bridgehead atoms. The number of hydrogen-bond acceptors (Lipinski definition) is 3. The molecule has 0 amide bonds. The average molecular weight is 282 g/mol. The second-order valence-corrected chi connectivity index (χ2v) is 5.54. The first kappa shape index (κ1) is 14.1. The molecular formula is C18H22N2O. The van der Waals surface area contributed by atoms with Gasteiger partial charge in [0.25, 0.3) is 0 Å². The van der Waals surface area contributed by atoms with Gasteiger partial charge in [0.1, 0.15) is 5.75 Å². The lowest BCUT2D eigenvalue weighted by Crippen LogP contribution is -2.22. The molecule has 110 valence electrons. The summed E-state index contributed by atoms with van der Waals surface area (Å²) in [6.45, 7) is 0.923. The number of para-hydroxylation sites is 1. The van der Waals surface area contributed by atoms with Crippen LogP contribution in [0.1, 0.15) is 35.2 Å². The molecule has 1 aliphatic carbocycles. The topological polar surface area (TPSA) is 47.3 Å². The highest BCUT2D eigenvalue weighted by Gasteiger charge is 2.27. The van der Waals surface area contributed by atoms with Crippen molar-refractivity contribution in [2.24, 2.45) is 5.73 Å².